The van der Waals surface area contributed by atoms with Gasteiger partial charge in [-0.25, -0.2) is 13.1 Å². The van der Waals surface area contributed by atoms with Gasteiger partial charge in [0.15, 0.2) is 0 Å². The first kappa shape index (κ1) is 7.06. The zero-order valence-corrected chi connectivity index (χ0v) is 11.9. The lowest BCUT2D eigenvalue weighted by atomic mass is 10.1. The third kappa shape index (κ3) is 3.59. The second-order valence-corrected chi connectivity index (χ2v) is 5.90. The summed E-state index contributed by atoms with van der Waals surface area (Å²) >= 11 is 0. The minimum absolute atomic E-state index is 0.0270. The average molecular weight is 304 g/mol. The summed E-state index contributed by atoms with van der Waals surface area (Å²) in [7, 11) is -1.63. The molecule has 110 valence electrons. The fraction of sp³-hybridized carbons (Fsp3) is 0.429. The normalized spacial score (nSPS) is 20.2. The molecule has 0 aliphatic carbocycles. The standard InChI is InChI=1S/C14H21N3O2S/c1-15-20(18,19)10-11-4-5-14-13(8-11)12(9-16-14)6-7-17(2)3/h4-5,8-9,15-16H,6-7,10H2,1-3H3/i1D3,4D,5D,8D,9D,10D2. The first-order valence-electron chi connectivity index (χ1n) is 10.3. The molecule has 1 aromatic heterocycles. The van der Waals surface area contributed by atoms with E-state index in [1.165, 1.54) is 4.72 Å². The largest absolute Gasteiger partial charge is 0.361 e. The van der Waals surface area contributed by atoms with Crippen LogP contribution < -0.4 is 4.72 Å². The smallest absolute Gasteiger partial charge is 0.215 e. The Morgan fingerprint density at radius 2 is 2.30 bits per heavy atom. The number of nitrogens with zero attached hydrogens (tertiary/aromatic N) is 1. The third-order valence-corrected chi connectivity index (χ3v) is 3.37. The Morgan fingerprint density at radius 3 is 3.00 bits per heavy atom. The van der Waals surface area contributed by atoms with E-state index in [0.29, 0.717) is 6.54 Å². The highest BCUT2D eigenvalue weighted by molar-refractivity contribution is 7.88. The maximum atomic E-state index is 12.4. The number of nitrogens with one attached hydrogen (secondary N) is 2. The number of H-pyrrole nitrogens is 1. The number of hydrogen-bond acceptors (Lipinski definition) is 3. The van der Waals surface area contributed by atoms with Gasteiger partial charge in [-0.05, 0) is 50.7 Å². The number of sulfonamides is 1. The predicted octanol–water partition coefficient (Wildman–Crippen LogP) is 1.32. The van der Waals surface area contributed by atoms with Crippen molar-refractivity contribution in [1.29, 1.82) is 0 Å². The Balaban J connectivity index is 2.82. The molecule has 0 saturated carbocycles. The van der Waals surface area contributed by atoms with Gasteiger partial charge >= 0.3 is 0 Å². The van der Waals surface area contributed by atoms with E-state index < -0.39 is 46.4 Å². The van der Waals surface area contributed by atoms with Crippen LogP contribution in [0, 0.1) is 0 Å². The van der Waals surface area contributed by atoms with Crippen LogP contribution in [0.2, 0.25) is 0 Å². The van der Waals surface area contributed by atoms with E-state index in [9.17, 15) is 8.42 Å². The van der Waals surface area contributed by atoms with Gasteiger partial charge in [0, 0.05) is 30.5 Å². The average Bonchev–Trinajstić information content (AvgIpc) is 2.85. The molecular weight excluding hydrogens is 274 g/mol. The highest BCUT2D eigenvalue weighted by atomic mass is 32.2. The highest BCUT2D eigenvalue weighted by Gasteiger charge is 2.11. The van der Waals surface area contributed by atoms with Crippen LogP contribution in [0.1, 0.15) is 23.5 Å². The van der Waals surface area contributed by atoms with Crippen molar-refractivity contribution < 1.29 is 20.8 Å². The molecule has 20 heavy (non-hydrogen) atoms. The Bertz CT molecular complexity index is 1050. The minimum atomic E-state index is -5.20. The predicted molar refractivity (Wildman–Crippen MR) is 82.2 cm³/mol. The van der Waals surface area contributed by atoms with Crippen molar-refractivity contribution in [3.8, 4) is 0 Å². The van der Waals surface area contributed by atoms with Gasteiger partial charge in [-0.2, -0.15) is 0 Å². The number of fused-ring (bicyclic) bond motifs is 1. The fourth-order valence-corrected chi connectivity index (χ4v) is 2.08. The van der Waals surface area contributed by atoms with Crippen molar-refractivity contribution in [2.75, 3.05) is 27.6 Å². The van der Waals surface area contributed by atoms with Crippen molar-refractivity contribution in [3.05, 3.63) is 35.4 Å². The Hall–Kier alpha value is -1.37. The second-order valence-electron chi connectivity index (χ2n) is 4.49. The summed E-state index contributed by atoms with van der Waals surface area (Å²) in [6.45, 7) is -2.75. The lowest BCUT2D eigenvalue weighted by Gasteiger charge is -2.08. The summed E-state index contributed by atoms with van der Waals surface area (Å²) in [6, 6.07) is -2.13. The van der Waals surface area contributed by atoms with Crippen LogP contribution in [-0.4, -0.2) is 45.9 Å². The van der Waals surface area contributed by atoms with Crippen LogP contribution in [-0.2, 0) is 22.1 Å². The zero-order valence-electron chi connectivity index (χ0n) is 20.1. The molecule has 5 nitrogen and oxygen atoms in total. The van der Waals surface area contributed by atoms with Gasteiger partial charge < -0.3 is 9.88 Å². The van der Waals surface area contributed by atoms with Crippen LogP contribution in [0.15, 0.2) is 24.3 Å². The first-order chi connectivity index (χ1) is 13.0. The number of likely N-dealkylation sites (N-methyl/N-ethyl adjacent to an activating group) is 1. The molecule has 0 amide bonds. The SMILES string of the molecule is [2H]c1[nH]c2c([2H])c([2H])c(C([2H])([2H])S(=O)(=O)NC([2H])([2H])[2H])c([2H])c2c1CCN(C)C. The Labute approximate surface area is 132 Å². The quantitative estimate of drug-likeness (QED) is 0.846. The molecule has 0 unspecified atom stereocenters. The molecule has 0 aliphatic heterocycles. The number of benzene rings is 1. The monoisotopic (exact) mass is 304 g/mol. The fourth-order valence-electron chi connectivity index (χ4n) is 1.66. The molecule has 2 aromatic rings. The summed E-state index contributed by atoms with van der Waals surface area (Å²) in [5.74, 6) is 0. The lowest BCUT2D eigenvalue weighted by Crippen LogP contribution is -2.20. The molecule has 0 spiro atoms. The second kappa shape index (κ2) is 5.95. The molecule has 0 atom stereocenters. The van der Waals surface area contributed by atoms with Crippen molar-refractivity contribution in [2.24, 2.45) is 0 Å². The molecule has 0 bridgehead atoms. The Kier molecular flexibility index (Phi) is 2.10. The molecule has 0 saturated heterocycles. The van der Waals surface area contributed by atoms with Gasteiger partial charge in [0.1, 0.15) is 0 Å². The van der Waals surface area contributed by atoms with E-state index >= 15 is 0 Å². The number of aromatic amines is 1. The molecule has 0 radical (unpaired) electrons. The highest BCUT2D eigenvalue weighted by Crippen LogP contribution is 2.21. The molecule has 0 aliphatic rings. The van der Waals surface area contributed by atoms with Crippen LogP contribution in [0.5, 0.6) is 0 Å². The van der Waals surface area contributed by atoms with Crippen LogP contribution >= 0.6 is 0 Å². The summed E-state index contributed by atoms with van der Waals surface area (Å²) in [5.41, 5.74) is -4.18. The van der Waals surface area contributed by atoms with E-state index in [4.69, 9.17) is 12.3 Å². The van der Waals surface area contributed by atoms with E-state index in [2.05, 4.69) is 4.98 Å². The van der Waals surface area contributed by atoms with Crippen molar-refractivity contribution in [2.45, 2.75) is 12.1 Å². The molecule has 2 N–H and O–H groups in total. The number of hydrogen-bond donors (Lipinski definition) is 2. The van der Waals surface area contributed by atoms with Gasteiger partial charge in [0.25, 0.3) is 0 Å². The van der Waals surface area contributed by atoms with Gasteiger partial charge in [0.05, 0.1) is 11.2 Å². The van der Waals surface area contributed by atoms with Gasteiger partial charge in [-0.15, -0.1) is 0 Å². The first-order valence-corrected chi connectivity index (χ1v) is 7.29. The molecule has 6 heteroatoms. The van der Waals surface area contributed by atoms with E-state index in [0.717, 1.165) is 0 Å². The molecule has 1 aromatic carbocycles. The van der Waals surface area contributed by atoms with Crippen molar-refractivity contribution in [1.82, 2.24) is 14.6 Å². The third-order valence-electron chi connectivity index (χ3n) is 2.63. The molecule has 2 rings (SSSR count). The van der Waals surface area contributed by atoms with E-state index in [-0.39, 0.29) is 29.1 Å². The summed E-state index contributed by atoms with van der Waals surface area (Å²) in [6.07, 6.45) is 0.140. The van der Waals surface area contributed by atoms with Crippen LogP contribution in [0.3, 0.4) is 0 Å². The summed E-state index contributed by atoms with van der Waals surface area (Å²) in [4.78, 5) is 4.41. The van der Waals surface area contributed by atoms with Crippen LogP contribution in [0.25, 0.3) is 10.9 Å². The van der Waals surface area contributed by atoms with Crippen molar-refractivity contribution >= 4 is 20.9 Å². The van der Waals surface area contributed by atoms with Gasteiger partial charge in [0.2, 0.25) is 10.0 Å². The number of rotatable bonds is 6. The maximum Gasteiger partial charge on any atom is 0.215 e. The summed E-state index contributed by atoms with van der Waals surface area (Å²) < 4.78 is 95.9. The lowest BCUT2D eigenvalue weighted by molar-refractivity contribution is 0.414. The zero-order chi connectivity index (χ0) is 22.5. The summed E-state index contributed by atoms with van der Waals surface area (Å²) in [5, 5.41) is -0.0270. The van der Waals surface area contributed by atoms with Crippen molar-refractivity contribution in [3.63, 3.8) is 0 Å². The molecule has 0 fully saturated rings. The molecular formula is C14H21N3O2S. The molecule has 1 heterocycles. The van der Waals surface area contributed by atoms with Gasteiger partial charge in [-0.3, -0.25) is 0 Å². The number of aromatic nitrogens is 1. The maximum absolute atomic E-state index is 12.4. The van der Waals surface area contributed by atoms with Gasteiger partial charge in [-0.1, -0.05) is 6.04 Å². The van der Waals surface area contributed by atoms with E-state index in [1.54, 1.807) is 14.1 Å². The topological polar surface area (TPSA) is 65.2 Å². The van der Waals surface area contributed by atoms with Crippen LogP contribution in [0.4, 0.5) is 0 Å². The minimum Gasteiger partial charge on any atom is -0.361 e. The Morgan fingerprint density at radius 1 is 1.50 bits per heavy atom. The van der Waals surface area contributed by atoms with E-state index in [1.807, 2.05) is 4.90 Å².